The predicted molar refractivity (Wildman–Crippen MR) is 117 cm³/mol. The van der Waals surface area contributed by atoms with Crippen molar-refractivity contribution in [1.29, 1.82) is 0 Å². The number of carbonyl (C=O) groups excluding carboxylic acids is 1. The number of guanidine groups is 1. The zero-order chi connectivity index (χ0) is 23.3. The molecule has 0 bridgehead atoms. The minimum absolute atomic E-state index is 0.223. The number of ether oxygens (including phenoxy) is 1. The van der Waals surface area contributed by atoms with Gasteiger partial charge in [0.1, 0.15) is 0 Å². The van der Waals surface area contributed by atoms with E-state index < -0.39 is 23.8 Å². The lowest BCUT2D eigenvalue weighted by molar-refractivity contribution is -0.137. The van der Waals surface area contributed by atoms with Gasteiger partial charge in [-0.25, -0.2) is 9.79 Å². The Hall–Kier alpha value is -3.55. The van der Waals surface area contributed by atoms with Gasteiger partial charge in [-0.3, -0.25) is 0 Å². The lowest BCUT2D eigenvalue weighted by Gasteiger charge is -2.38. The maximum absolute atomic E-state index is 13.3. The van der Waals surface area contributed by atoms with Gasteiger partial charge in [0.05, 0.1) is 37.4 Å². The Morgan fingerprint density at radius 2 is 1.94 bits per heavy atom. The van der Waals surface area contributed by atoms with Gasteiger partial charge in [0.25, 0.3) is 0 Å². The molecule has 32 heavy (non-hydrogen) atoms. The fourth-order valence-electron chi connectivity index (χ4n) is 3.55. The highest BCUT2D eigenvalue weighted by Gasteiger charge is 2.37. The molecule has 0 spiro atoms. The first-order chi connectivity index (χ1) is 15.3. The molecular formula is C24H24F3N3O2. The summed E-state index contributed by atoms with van der Waals surface area (Å²) in [6, 6.07) is 13.6. The number of aliphatic imine (C=N–C) groups is 1. The number of methoxy groups -OCH3 is 1. The van der Waals surface area contributed by atoms with E-state index in [0.29, 0.717) is 24.7 Å². The molecule has 1 aliphatic heterocycles. The van der Waals surface area contributed by atoms with Crippen molar-refractivity contribution in [3.8, 4) is 0 Å². The zero-order valence-electron chi connectivity index (χ0n) is 17.8. The Bertz CT molecular complexity index is 1050. The predicted octanol–water partition coefficient (Wildman–Crippen LogP) is 4.84. The molecule has 168 valence electrons. The molecule has 1 unspecified atom stereocenters. The quantitative estimate of drug-likeness (QED) is 0.513. The number of hydrogen-bond donors (Lipinski definition) is 1. The van der Waals surface area contributed by atoms with Crippen LogP contribution < -0.4 is 5.32 Å². The SMILES string of the molecule is C=CCN=C1NC(c2cccc(C(F)(F)F)c2)C(C(=O)OC)=C(C)N1Cc1ccccc1. The lowest BCUT2D eigenvalue weighted by Crippen LogP contribution is -2.48. The molecule has 1 aliphatic rings. The van der Waals surface area contributed by atoms with Gasteiger partial charge in [0.2, 0.25) is 0 Å². The van der Waals surface area contributed by atoms with E-state index in [4.69, 9.17) is 4.74 Å². The molecule has 2 aromatic carbocycles. The number of alkyl halides is 3. The summed E-state index contributed by atoms with van der Waals surface area (Å²) in [5, 5.41) is 3.15. The van der Waals surface area contributed by atoms with Crippen molar-refractivity contribution in [3.05, 3.63) is 95.2 Å². The van der Waals surface area contributed by atoms with Crippen molar-refractivity contribution in [3.63, 3.8) is 0 Å². The fourth-order valence-corrected chi connectivity index (χ4v) is 3.55. The van der Waals surface area contributed by atoms with Crippen LogP contribution >= 0.6 is 0 Å². The second-order valence-electron chi connectivity index (χ2n) is 7.22. The molecule has 2 aromatic rings. The molecule has 0 aliphatic carbocycles. The van der Waals surface area contributed by atoms with Crippen LogP contribution in [0.25, 0.3) is 0 Å². The highest BCUT2D eigenvalue weighted by atomic mass is 19.4. The van der Waals surface area contributed by atoms with E-state index in [-0.39, 0.29) is 11.1 Å². The first-order valence-electron chi connectivity index (χ1n) is 9.95. The molecule has 0 amide bonds. The Kier molecular flexibility index (Phi) is 7.02. The molecule has 0 saturated heterocycles. The number of nitrogens with one attached hydrogen (secondary N) is 1. The highest BCUT2D eigenvalue weighted by molar-refractivity contribution is 5.96. The largest absolute Gasteiger partial charge is 0.466 e. The maximum atomic E-state index is 13.3. The number of nitrogens with zero attached hydrogens (tertiary/aromatic N) is 2. The van der Waals surface area contributed by atoms with Crippen molar-refractivity contribution in [2.24, 2.45) is 4.99 Å². The monoisotopic (exact) mass is 443 g/mol. The first-order valence-corrected chi connectivity index (χ1v) is 9.95. The number of benzene rings is 2. The Balaban J connectivity index is 2.14. The van der Waals surface area contributed by atoms with Gasteiger partial charge in [-0.05, 0) is 30.2 Å². The van der Waals surface area contributed by atoms with Gasteiger partial charge in [0, 0.05) is 5.70 Å². The molecule has 0 fully saturated rings. The van der Waals surface area contributed by atoms with Crippen molar-refractivity contribution in [2.75, 3.05) is 13.7 Å². The Morgan fingerprint density at radius 3 is 2.56 bits per heavy atom. The third-order valence-electron chi connectivity index (χ3n) is 5.12. The maximum Gasteiger partial charge on any atom is 0.416 e. The topological polar surface area (TPSA) is 53.9 Å². The van der Waals surface area contributed by atoms with E-state index in [1.54, 1.807) is 19.1 Å². The van der Waals surface area contributed by atoms with Crippen LogP contribution in [0.15, 0.2) is 83.5 Å². The van der Waals surface area contributed by atoms with Crippen LogP contribution in [-0.2, 0) is 22.3 Å². The van der Waals surface area contributed by atoms with E-state index >= 15 is 0 Å². The van der Waals surface area contributed by atoms with Crippen LogP contribution in [0.5, 0.6) is 0 Å². The molecule has 1 atom stereocenters. The number of hydrogen-bond acceptors (Lipinski definition) is 3. The van der Waals surface area contributed by atoms with Crippen LogP contribution in [0, 0.1) is 0 Å². The first kappa shape index (κ1) is 23.1. The normalized spacial score (nSPS) is 17.8. The smallest absolute Gasteiger partial charge is 0.416 e. The summed E-state index contributed by atoms with van der Waals surface area (Å²) in [6.45, 7) is 6.12. The second kappa shape index (κ2) is 9.72. The van der Waals surface area contributed by atoms with E-state index in [2.05, 4.69) is 16.9 Å². The van der Waals surface area contributed by atoms with E-state index in [9.17, 15) is 18.0 Å². The van der Waals surface area contributed by atoms with Crippen LogP contribution in [-0.4, -0.2) is 30.5 Å². The average molecular weight is 443 g/mol. The number of esters is 1. The van der Waals surface area contributed by atoms with Crippen molar-refractivity contribution < 1.29 is 22.7 Å². The van der Waals surface area contributed by atoms with Gasteiger partial charge < -0.3 is 15.0 Å². The Morgan fingerprint density at radius 1 is 1.22 bits per heavy atom. The summed E-state index contributed by atoms with van der Waals surface area (Å²) in [5.74, 6) is -0.195. The number of halogens is 3. The van der Waals surface area contributed by atoms with Crippen molar-refractivity contribution in [1.82, 2.24) is 10.2 Å². The molecule has 3 rings (SSSR count). The van der Waals surface area contributed by atoms with Crippen LogP contribution in [0.3, 0.4) is 0 Å². The van der Waals surface area contributed by atoms with Gasteiger partial charge in [-0.1, -0.05) is 48.5 Å². The van der Waals surface area contributed by atoms with Gasteiger partial charge in [-0.15, -0.1) is 6.58 Å². The molecule has 0 radical (unpaired) electrons. The molecular weight excluding hydrogens is 419 g/mol. The lowest BCUT2D eigenvalue weighted by atomic mass is 9.93. The summed E-state index contributed by atoms with van der Waals surface area (Å²) in [6.07, 6.45) is -2.89. The molecule has 0 aromatic heterocycles. The van der Waals surface area contributed by atoms with Crippen molar-refractivity contribution in [2.45, 2.75) is 25.7 Å². The number of allylic oxidation sites excluding steroid dienone is 1. The number of carbonyl (C=O) groups is 1. The summed E-state index contributed by atoms with van der Waals surface area (Å²) in [4.78, 5) is 19.1. The van der Waals surface area contributed by atoms with E-state index in [1.165, 1.54) is 13.2 Å². The minimum Gasteiger partial charge on any atom is -0.466 e. The molecule has 1 N–H and O–H groups in total. The highest BCUT2D eigenvalue weighted by Crippen LogP contribution is 2.35. The molecule has 1 heterocycles. The summed E-state index contributed by atoms with van der Waals surface area (Å²) < 4.78 is 44.9. The van der Waals surface area contributed by atoms with E-state index in [0.717, 1.165) is 17.7 Å². The van der Waals surface area contributed by atoms with E-state index in [1.807, 2.05) is 35.2 Å². The summed E-state index contributed by atoms with van der Waals surface area (Å²) in [7, 11) is 1.24. The molecule has 0 saturated carbocycles. The fraction of sp³-hybridized carbons (Fsp3) is 0.250. The standard InChI is InChI=1S/C24H24F3N3O2/c1-4-13-28-23-29-21(18-11-8-12-19(14-18)24(25,26)27)20(22(31)32-3)16(2)30(23)15-17-9-6-5-7-10-17/h4-12,14,21H,1,13,15H2,2-3H3,(H,28,29). The minimum atomic E-state index is -4.51. The molecule has 5 nitrogen and oxygen atoms in total. The third kappa shape index (κ3) is 5.01. The summed E-state index contributed by atoms with van der Waals surface area (Å²) >= 11 is 0. The number of rotatable bonds is 6. The zero-order valence-corrected chi connectivity index (χ0v) is 17.8. The average Bonchev–Trinajstić information content (AvgIpc) is 2.79. The third-order valence-corrected chi connectivity index (χ3v) is 5.12. The van der Waals surface area contributed by atoms with Gasteiger partial charge in [-0.2, -0.15) is 13.2 Å². The van der Waals surface area contributed by atoms with Gasteiger partial charge >= 0.3 is 12.1 Å². The van der Waals surface area contributed by atoms with Crippen LogP contribution in [0.4, 0.5) is 13.2 Å². The Labute approximate surface area is 184 Å². The molecule has 8 heteroatoms. The second-order valence-corrected chi connectivity index (χ2v) is 7.22. The van der Waals surface area contributed by atoms with Crippen LogP contribution in [0.1, 0.15) is 29.7 Å². The van der Waals surface area contributed by atoms with Crippen LogP contribution in [0.2, 0.25) is 0 Å². The van der Waals surface area contributed by atoms with Crippen molar-refractivity contribution >= 4 is 11.9 Å². The van der Waals surface area contributed by atoms with Gasteiger partial charge in [0.15, 0.2) is 5.96 Å². The summed E-state index contributed by atoms with van der Waals surface area (Å²) in [5.41, 5.74) is 1.23.